The van der Waals surface area contributed by atoms with Crippen LogP contribution in [0.3, 0.4) is 0 Å². The number of methoxy groups -OCH3 is 2. The lowest BCUT2D eigenvalue weighted by molar-refractivity contribution is -0.131. The molecule has 1 atom stereocenters. The van der Waals surface area contributed by atoms with E-state index in [1.165, 1.54) is 0 Å². The number of hydrogen-bond acceptors (Lipinski definition) is 5. The molecule has 1 aromatic heterocycles. The Morgan fingerprint density at radius 3 is 2.76 bits per heavy atom. The zero-order chi connectivity index (χ0) is 18.0. The van der Waals surface area contributed by atoms with Crippen LogP contribution in [0, 0.1) is 13.8 Å². The molecule has 0 N–H and O–H groups in total. The van der Waals surface area contributed by atoms with Crippen LogP contribution in [0.15, 0.2) is 22.7 Å². The van der Waals surface area contributed by atoms with Gasteiger partial charge in [-0.15, -0.1) is 0 Å². The van der Waals surface area contributed by atoms with Gasteiger partial charge in [-0.3, -0.25) is 4.79 Å². The smallest absolute Gasteiger partial charge is 0.227 e. The second-order valence-electron chi connectivity index (χ2n) is 6.33. The summed E-state index contributed by atoms with van der Waals surface area (Å²) in [5.74, 6) is 2.34. The van der Waals surface area contributed by atoms with E-state index in [0.717, 1.165) is 47.7 Å². The monoisotopic (exact) mass is 344 g/mol. The van der Waals surface area contributed by atoms with Gasteiger partial charge in [-0.25, -0.2) is 0 Å². The molecular weight excluding hydrogens is 320 g/mol. The van der Waals surface area contributed by atoms with Gasteiger partial charge in [-0.05, 0) is 44.9 Å². The molecular formula is C19H24N2O4. The fourth-order valence-electron chi connectivity index (χ4n) is 3.50. The molecule has 0 saturated carbocycles. The number of aromatic nitrogens is 1. The molecule has 1 aliphatic heterocycles. The molecule has 3 rings (SSSR count). The predicted molar refractivity (Wildman–Crippen MR) is 92.9 cm³/mol. The average Bonchev–Trinajstić information content (AvgIpc) is 3.23. The highest BCUT2D eigenvalue weighted by molar-refractivity contribution is 5.80. The number of carbonyl (C=O) groups is 1. The molecule has 6 heteroatoms. The summed E-state index contributed by atoms with van der Waals surface area (Å²) in [4.78, 5) is 14.9. The Morgan fingerprint density at radius 1 is 1.32 bits per heavy atom. The highest BCUT2D eigenvalue weighted by Gasteiger charge is 2.32. The number of likely N-dealkylation sites (tertiary alicyclic amines) is 1. The lowest BCUT2D eigenvalue weighted by atomic mass is 10.0. The van der Waals surface area contributed by atoms with Gasteiger partial charge in [0.15, 0.2) is 0 Å². The van der Waals surface area contributed by atoms with Crippen LogP contribution in [0.4, 0.5) is 0 Å². The van der Waals surface area contributed by atoms with E-state index >= 15 is 0 Å². The van der Waals surface area contributed by atoms with E-state index in [1.807, 2.05) is 36.9 Å². The van der Waals surface area contributed by atoms with Gasteiger partial charge in [0.1, 0.15) is 17.3 Å². The van der Waals surface area contributed by atoms with E-state index < -0.39 is 0 Å². The van der Waals surface area contributed by atoms with Gasteiger partial charge >= 0.3 is 0 Å². The van der Waals surface area contributed by atoms with E-state index in [9.17, 15) is 4.79 Å². The first kappa shape index (κ1) is 17.3. The lowest BCUT2D eigenvalue weighted by Crippen LogP contribution is -2.32. The third kappa shape index (κ3) is 3.34. The second-order valence-corrected chi connectivity index (χ2v) is 6.33. The molecule has 25 heavy (non-hydrogen) atoms. The summed E-state index contributed by atoms with van der Waals surface area (Å²) < 4.78 is 16.0. The molecule has 1 aliphatic rings. The van der Waals surface area contributed by atoms with Crippen molar-refractivity contribution in [2.45, 2.75) is 39.2 Å². The van der Waals surface area contributed by atoms with Gasteiger partial charge < -0.3 is 18.9 Å². The van der Waals surface area contributed by atoms with Crippen molar-refractivity contribution in [2.24, 2.45) is 0 Å². The number of nitrogens with zero attached hydrogens (tertiary/aromatic N) is 2. The maximum Gasteiger partial charge on any atom is 0.227 e. The molecule has 6 nitrogen and oxygen atoms in total. The van der Waals surface area contributed by atoms with Crippen molar-refractivity contribution in [3.05, 3.63) is 40.8 Å². The molecule has 1 unspecified atom stereocenters. The second kappa shape index (κ2) is 7.17. The molecule has 0 aliphatic carbocycles. The van der Waals surface area contributed by atoms with Crippen molar-refractivity contribution in [2.75, 3.05) is 20.8 Å². The normalized spacial score (nSPS) is 17.0. The summed E-state index contributed by atoms with van der Waals surface area (Å²) >= 11 is 0. The number of amides is 1. The Morgan fingerprint density at radius 2 is 2.12 bits per heavy atom. The molecule has 1 fully saturated rings. The van der Waals surface area contributed by atoms with Crippen LogP contribution >= 0.6 is 0 Å². The molecule has 1 aromatic carbocycles. The molecule has 0 bridgehead atoms. The van der Waals surface area contributed by atoms with Gasteiger partial charge in [-0.1, -0.05) is 5.16 Å². The molecule has 2 heterocycles. The van der Waals surface area contributed by atoms with E-state index in [-0.39, 0.29) is 11.9 Å². The summed E-state index contributed by atoms with van der Waals surface area (Å²) in [6.45, 7) is 4.45. The summed E-state index contributed by atoms with van der Waals surface area (Å²) in [6.07, 6.45) is 2.19. The van der Waals surface area contributed by atoms with Crippen LogP contribution in [0.25, 0.3) is 0 Å². The van der Waals surface area contributed by atoms with Crippen molar-refractivity contribution in [3.8, 4) is 11.5 Å². The quantitative estimate of drug-likeness (QED) is 0.833. The predicted octanol–water partition coefficient (Wildman–Crippen LogP) is 3.21. The standard InChI is InChI=1S/C19H24N2O4/c1-12-15(13(2)25-20-12)11-19(22)21-9-5-6-17(21)16-10-14(23-3)7-8-18(16)24-4/h7-8,10,17H,5-6,9,11H2,1-4H3. The van der Waals surface area contributed by atoms with Gasteiger partial charge in [-0.2, -0.15) is 0 Å². The van der Waals surface area contributed by atoms with Crippen LogP contribution in [-0.2, 0) is 11.2 Å². The molecule has 0 spiro atoms. The van der Waals surface area contributed by atoms with Crippen molar-refractivity contribution >= 4 is 5.91 Å². The zero-order valence-corrected chi connectivity index (χ0v) is 15.2. The van der Waals surface area contributed by atoms with Gasteiger partial charge in [0.25, 0.3) is 0 Å². The highest BCUT2D eigenvalue weighted by atomic mass is 16.5. The number of carbonyl (C=O) groups excluding carboxylic acids is 1. The molecule has 0 radical (unpaired) electrons. The Labute approximate surface area is 147 Å². The number of rotatable bonds is 5. The summed E-state index contributed by atoms with van der Waals surface area (Å²) in [7, 11) is 3.29. The maximum absolute atomic E-state index is 12.9. The maximum atomic E-state index is 12.9. The third-order valence-corrected chi connectivity index (χ3v) is 4.88. The van der Waals surface area contributed by atoms with Crippen LogP contribution in [0.1, 0.15) is 41.5 Å². The first-order valence-electron chi connectivity index (χ1n) is 8.48. The Bertz CT molecular complexity index is 749. The van der Waals surface area contributed by atoms with Gasteiger partial charge in [0.05, 0.1) is 32.4 Å². The van der Waals surface area contributed by atoms with E-state index in [4.69, 9.17) is 14.0 Å². The molecule has 134 valence electrons. The Kier molecular flexibility index (Phi) is 4.97. The largest absolute Gasteiger partial charge is 0.497 e. The molecule has 1 saturated heterocycles. The summed E-state index contributed by atoms with van der Waals surface area (Å²) in [5, 5.41) is 3.94. The van der Waals surface area contributed by atoms with Crippen molar-refractivity contribution in [1.82, 2.24) is 10.1 Å². The van der Waals surface area contributed by atoms with Crippen LogP contribution < -0.4 is 9.47 Å². The van der Waals surface area contributed by atoms with Crippen molar-refractivity contribution in [3.63, 3.8) is 0 Å². The fourth-order valence-corrected chi connectivity index (χ4v) is 3.50. The first-order chi connectivity index (χ1) is 12.0. The number of ether oxygens (including phenoxy) is 2. The SMILES string of the molecule is COc1ccc(OC)c(C2CCCN2C(=O)Cc2c(C)noc2C)c1. The first-order valence-corrected chi connectivity index (χ1v) is 8.48. The van der Waals surface area contributed by atoms with Gasteiger partial charge in [0, 0.05) is 17.7 Å². The molecule has 2 aromatic rings. The van der Waals surface area contributed by atoms with Gasteiger partial charge in [0.2, 0.25) is 5.91 Å². The summed E-state index contributed by atoms with van der Waals surface area (Å²) in [5.41, 5.74) is 2.65. The van der Waals surface area contributed by atoms with Crippen molar-refractivity contribution in [1.29, 1.82) is 0 Å². The number of aryl methyl sites for hydroxylation is 2. The van der Waals surface area contributed by atoms with Crippen LogP contribution in [-0.4, -0.2) is 36.7 Å². The summed E-state index contributed by atoms with van der Waals surface area (Å²) in [6, 6.07) is 5.72. The molecule has 1 amide bonds. The minimum Gasteiger partial charge on any atom is -0.497 e. The highest BCUT2D eigenvalue weighted by Crippen LogP contribution is 2.39. The van der Waals surface area contributed by atoms with E-state index in [1.54, 1.807) is 14.2 Å². The van der Waals surface area contributed by atoms with Crippen LogP contribution in [0.5, 0.6) is 11.5 Å². The topological polar surface area (TPSA) is 64.8 Å². The average molecular weight is 344 g/mol. The lowest BCUT2D eigenvalue weighted by Gasteiger charge is -2.26. The van der Waals surface area contributed by atoms with Crippen LogP contribution in [0.2, 0.25) is 0 Å². The minimum atomic E-state index is -0.00183. The van der Waals surface area contributed by atoms with E-state index in [0.29, 0.717) is 12.2 Å². The Hall–Kier alpha value is -2.50. The van der Waals surface area contributed by atoms with Crippen molar-refractivity contribution < 1.29 is 18.8 Å². The number of benzene rings is 1. The zero-order valence-electron chi connectivity index (χ0n) is 15.2. The Balaban J connectivity index is 1.86. The number of hydrogen-bond donors (Lipinski definition) is 0. The minimum absolute atomic E-state index is 0.00183. The van der Waals surface area contributed by atoms with E-state index in [2.05, 4.69) is 5.16 Å². The fraction of sp³-hybridized carbons (Fsp3) is 0.474. The third-order valence-electron chi connectivity index (χ3n) is 4.88.